The Bertz CT molecular complexity index is 451. The smallest absolute Gasteiger partial charge is 0.403 e. The van der Waals surface area contributed by atoms with Crippen molar-refractivity contribution in [2.75, 3.05) is 0 Å². The third-order valence-corrected chi connectivity index (χ3v) is 2.64. The number of aliphatic hydroxyl groups excluding tert-OH is 1. The van der Waals surface area contributed by atoms with Crippen molar-refractivity contribution in [3.8, 4) is 5.75 Å². The molecule has 0 saturated carbocycles. The van der Waals surface area contributed by atoms with E-state index in [-0.39, 0.29) is 9.26 Å². The van der Waals surface area contributed by atoms with Gasteiger partial charge >= 0.3 is 12.0 Å². The van der Waals surface area contributed by atoms with Crippen molar-refractivity contribution in [1.29, 1.82) is 0 Å². The fourth-order valence-corrected chi connectivity index (χ4v) is 1.75. The molecule has 94 valence electrons. The average molecular weight is 364 g/mol. The van der Waals surface area contributed by atoms with Gasteiger partial charge in [-0.3, -0.25) is 10.1 Å². The summed E-state index contributed by atoms with van der Waals surface area (Å²) in [6.45, 7) is -0.751. The molecule has 0 radical (unpaired) electrons. The van der Waals surface area contributed by atoms with Crippen LogP contribution in [-0.4, -0.2) is 21.4 Å². The molecule has 1 aromatic heterocycles. The van der Waals surface area contributed by atoms with Crippen molar-refractivity contribution in [2.24, 2.45) is 0 Å². The molecular formula is C7H4F3IN2O4. The number of pyridine rings is 1. The Hall–Kier alpha value is -1.17. The standard InChI is InChI=1S/C7H4F3IN2O4/c8-7(9,10)17-4-1-12-3(2-14)6(5(4)11)13(15)16/h1,14H,2H2. The van der Waals surface area contributed by atoms with E-state index in [0.29, 0.717) is 6.20 Å². The number of aromatic nitrogens is 1. The summed E-state index contributed by atoms with van der Waals surface area (Å²) >= 11 is 1.33. The summed E-state index contributed by atoms with van der Waals surface area (Å²) in [5, 5.41) is 19.4. The van der Waals surface area contributed by atoms with Crippen LogP contribution in [0.3, 0.4) is 0 Å². The van der Waals surface area contributed by atoms with E-state index >= 15 is 0 Å². The fraction of sp³-hybridized carbons (Fsp3) is 0.286. The van der Waals surface area contributed by atoms with Gasteiger partial charge in [0.05, 0.1) is 17.7 Å². The lowest BCUT2D eigenvalue weighted by molar-refractivity contribution is -0.387. The Morgan fingerprint density at radius 1 is 1.59 bits per heavy atom. The number of hydrogen-bond acceptors (Lipinski definition) is 5. The molecule has 1 heterocycles. The van der Waals surface area contributed by atoms with Crippen LogP contribution in [-0.2, 0) is 6.61 Å². The normalized spacial score (nSPS) is 11.4. The molecule has 0 fully saturated rings. The van der Waals surface area contributed by atoms with Crippen molar-refractivity contribution >= 4 is 28.3 Å². The van der Waals surface area contributed by atoms with E-state index in [1.807, 2.05) is 0 Å². The zero-order valence-electron chi connectivity index (χ0n) is 7.86. The lowest BCUT2D eigenvalue weighted by Gasteiger charge is -2.10. The van der Waals surface area contributed by atoms with E-state index in [1.165, 1.54) is 22.6 Å². The van der Waals surface area contributed by atoms with Gasteiger partial charge in [0.25, 0.3) is 0 Å². The highest BCUT2D eigenvalue weighted by atomic mass is 127. The Morgan fingerprint density at radius 3 is 2.59 bits per heavy atom. The van der Waals surface area contributed by atoms with Crippen LogP contribution in [0.1, 0.15) is 5.69 Å². The highest BCUT2D eigenvalue weighted by Gasteiger charge is 2.34. The molecule has 10 heteroatoms. The second-order valence-corrected chi connectivity index (χ2v) is 3.77. The van der Waals surface area contributed by atoms with Crippen LogP contribution in [0.5, 0.6) is 5.75 Å². The van der Waals surface area contributed by atoms with E-state index in [4.69, 9.17) is 5.11 Å². The van der Waals surface area contributed by atoms with Gasteiger partial charge in [0.15, 0.2) is 5.75 Å². The van der Waals surface area contributed by atoms with Crippen molar-refractivity contribution in [2.45, 2.75) is 13.0 Å². The number of nitrogens with zero attached hydrogens (tertiary/aromatic N) is 2. The van der Waals surface area contributed by atoms with E-state index in [9.17, 15) is 23.3 Å². The molecule has 1 aromatic rings. The number of alkyl halides is 3. The molecule has 0 aliphatic rings. The average Bonchev–Trinajstić information content (AvgIpc) is 2.18. The molecule has 0 amide bonds. The summed E-state index contributed by atoms with van der Waals surface area (Å²) in [6, 6.07) is 0. The van der Waals surface area contributed by atoms with E-state index in [1.54, 1.807) is 0 Å². The summed E-state index contributed by atoms with van der Waals surface area (Å²) in [6.07, 6.45) is -4.29. The van der Waals surface area contributed by atoms with Crippen LogP contribution in [0.4, 0.5) is 18.9 Å². The molecule has 17 heavy (non-hydrogen) atoms. The number of rotatable bonds is 3. The molecule has 6 nitrogen and oxygen atoms in total. The van der Waals surface area contributed by atoms with Crippen molar-refractivity contribution in [3.63, 3.8) is 0 Å². The van der Waals surface area contributed by atoms with Gasteiger partial charge in [-0.1, -0.05) is 0 Å². The summed E-state index contributed by atoms with van der Waals surface area (Å²) in [5.41, 5.74) is -1.02. The monoisotopic (exact) mass is 364 g/mol. The van der Waals surface area contributed by atoms with Crippen LogP contribution in [0, 0.1) is 13.7 Å². The van der Waals surface area contributed by atoms with E-state index in [0.717, 1.165) is 0 Å². The summed E-state index contributed by atoms with van der Waals surface area (Å²) in [5.74, 6) is -0.776. The SMILES string of the molecule is O=[N+]([O-])c1c(CO)ncc(OC(F)(F)F)c1I. The van der Waals surface area contributed by atoms with Crippen LogP contribution >= 0.6 is 22.6 Å². The van der Waals surface area contributed by atoms with Crippen molar-refractivity contribution in [3.05, 3.63) is 25.6 Å². The van der Waals surface area contributed by atoms with E-state index < -0.39 is 29.3 Å². The van der Waals surface area contributed by atoms with Crippen LogP contribution in [0.15, 0.2) is 6.20 Å². The van der Waals surface area contributed by atoms with Gasteiger partial charge in [-0.2, -0.15) is 0 Å². The zero-order valence-corrected chi connectivity index (χ0v) is 10.0. The highest BCUT2D eigenvalue weighted by Crippen LogP contribution is 2.34. The maximum atomic E-state index is 12.0. The Morgan fingerprint density at radius 2 is 2.18 bits per heavy atom. The maximum Gasteiger partial charge on any atom is 0.573 e. The molecule has 0 aromatic carbocycles. The lowest BCUT2D eigenvalue weighted by atomic mass is 10.3. The van der Waals surface area contributed by atoms with Crippen LogP contribution in [0.25, 0.3) is 0 Å². The highest BCUT2D eigenvalue weighted by molar-refractivity contribution is 14.1. The van der Waals surface area contributed by atoms with Crippen molar-refractivity contribution < 1.29 is 27.9 Å². The molecule has 0 unspecified atom stereocenters. The first-order chi connectivity index (χ1) is 7.76. The fourth-order valence-electron chi connectivity index (χ4n) is 0.995. The molecular weight excluding hydrogens is 360 g/mol. The maximum absolute atomic E-state index is 12.0. The zero-order chi connectivity index (χ0) is 13.2. The third-order valence-electron chi connectivity index (χ3n) is 1.59. The lowest BCUT2D eigenvalue weighted by Crippen LogP contribution is -2.18. The Labute approximate surface area is 106 Å². The topological polar surface area (TPSA) is 85.5 Å². The van der Waals surface area contributed by atoms with Crippen LogP contribution in [0.2, 0.25) is 0 Å². The number of ether oxygens (including phenoxy) is 1. The first-order valence-electron chi connectivity index (χ1n) is 3.94. The summed E-state index contributed by atoms with van der Waals surface area (Å²) in [4.78, 5) is 13.0. The molecule has 1 rings (SSSR count). The first kappa shape index (κ1) is 13.9. The summed E-state index contributed by atoms with van der Waals surface area (Å²) in [7, 11) is 0. The van der Waals surface area contributed by atoms with Gasteiger partial charge < -0.3 is 9.84 Å². The second-order valence-electron chi connectivity index (χ2n) is 2.69. The predicted octanol–water partition coefficient (Wildman–Crippen LogP) is 1.99. The molecule has 0 aliphatic heterocycles. The molecule has 1 N–H and O–H groups in total. The quantitative estimate of drug-likeness (QED) is 0.504. The minimum atomic E-state index is -4.96. The molecule has 0 saturated heterocycles. The van der Waals surface area contributed by atoms with Gasteiger partial charge in [-0.15, -0.1) is 13.2 Å². The van der Waals surface area contributed by atoms with Gasteiger partial charge in [-0.05, 0) is 22.6 Å². The van der Waals surface area contributed by atoms with Gasteiger partial charge in [0.2, 0.25) is 0 Å². The third kappa shape index (κ3) is 3.39. The molecule has 0 spiro atoms. The number of aliphatic hydroxyl groups is 1. The molecule has 0 atom stereocenters. The largest absolute Gasteiger partial charge is 0.573 e. The predicted molar refractivity (Wildman–Crippen MR) is 56.2 cm³/mol. The second kappa shape index (κ2) is 5.00. The first-order valence-corrected chi connectivity index (χ1v) is 5.02. The van der Waals surface area contributed by atoms with Crippen molar-refractivity contribution in [1.82, 2.24) is 4.98 Å². The Balaban J connectivity index is 3.28. The number of hydrogen-bond donors (Lipinski definition) is 1. The molecule has 0 aliphatic carbocycles. The minimum Gasteiger partial charge on any atom is -0.403 e. The van der Waals surface area contributed by atoms with Gasteiger partial charge in [-0.25, -0.2) is 4.98 Å². The summed E-state index contributed by atoms with van der Waals surface area (Å²) < 4.78 is 39.1. The number of nitro groups is 1. The van der Waals surface area contributed by atoms with E-state index in [2.05, 4.69) is 9.72 Å². The molecule has 0 bridgehead atoms. The Kier molecular flexibility index (Phi) is 4.08. The minimum absolute atomic E-state index is 0.325. The number of halogens is 4. The van der Waals surface area contributed by atoms with Crippen LogP contribution < -0.4 is 4.74 Å². The van der Waals surface area contributed by atoms with Gasteiger partial charge in [0.1, 0.15) is 9.26 Å². The van der Waals surface area contributed by atoms with Gasteiger partial charge in [0, 0.05) is 0 Å².